The zero-order chi connectivity index (χ0) is 9.42. The molecular formula is C10H16O3. The molecule has 0 radical (unpaired) electrons. The van der Waals surface area contributed by atoms with Crippen LogP contribution < -0.4 is 0 Å². The van der Waals surface area contributed by atoms with E-state index in [1.165, 1.54) is 0 Å². The number of ether oxygens (including phenoxy) is 1. The van der Waals surface area contributed by atoms with E-state index in [4.69, 9.17) is 9.84 Å². The highest BCUT2D eigenvalue weighted by molar-refractivity contribution is 5.70. The predicted molar refractivity (Wildman–Crippen MR) is 47.4 cm³/mol. The Hall–Kier alpha value is -0.570. The molecule has 1 saturated heterocycles. The summed E-state index contributed by atoms with van der Waals surface area (Å²) < 4.78 is 5.70. The second-order valence-corrected chi connectivity index (χ2v) is 4.33. The Morgan fingerprint density at radius 1 is 1.38 bits per heavy atom. The van der Waals surface area contributed by atoms with Gasteiger partial charge in [-0.3, -0.25) is 4.79 Å². The average molecular weight is 184 g/mol. The van der Waals surface area contributed by atoms with Crippen molar-refractivity contribution in [1.29, 1.82) is 0 Å². The molecule has 0 spiro atoms. The lowest BCUT2D eigenvalue weighted by Crippen LogP contribution is -2.29. The van der Waals surface area contributed by atoms with Gasteiger partial charge in [0.25, 0.3) is 0 Å². The fourth-order valence-electron chi connectivity index (χ4n) is 2.67. The average Bonchev–Trinajstić information content (AvgIpc) is 2.42. The molecule has 0 amide bonds. The second kappa shape index (κ2) is 3.29. The first-order valence-electron chi connectivity index (χ1n) is 5.05. The van der Waals surface area contributed by atoms with Crippen molar-refractivity contribution < 1.29 is 14.6 Å². The number of rotatable bonds is 1. The molecule has 1 N–H and O–H groups in total. The van der Waals surface area contributed by atoms with Crippen LogP contribution in [0.2, 0.25) is 0 Å². The third-order valence-electron chi connectivity index (χ3n) is 3.30. The van der Waals surface area contributed by atoms with Crippen molar-refractivity contribution >= 4 is 5.97 Å². The van der Waals surface area contributed by atoms with Crippen LogP contribution in [0.3, 0.4) is 0 Å². The summed E-state index contributed by atoms with van der Waals surface area (Å²) in [6.07, 6.45) is 4.29. The molecule has 74 valence electrons. The highest BCUT2D eigenvalue weighted by Gasteiger charge is 2.39. The molecule has 1 saturated carbocycles. The van der Waals surface area contributed by atoms with Crippen LogP contribution in [0.5, 0.6) is 0 Å². The first-order valence-corrected chi connectivity index (χ1v) is 5.05. The molecule has 1 aliphatic heterocycles. The summed E-state index contributed by atoms with van der Waals surface area (Å²) in [4.78, 5) is 10.8. The molecule has 13 heavy (non-hydrogen) atoms. The topological polar surface area (TPSA) is 46.5 Å². The lowest BCUT2D eigenvalue weighted by atomic mass is 9.79. The molecule has 4 atom stereocenters. The van der Waals surface area contributed by atoms with Crippen molar-refractivity contribution in [3.8, 4) is 0 Å². The van der Waals surface area contributed by atoms with Gasteiger partial charge >= 0.3 is 5.97 Å². The van der Waals surface area contributed by atoms with Crippen LogP contribution in [0, 0.1) is 11.8 Å². The maximum atomic E-state index is 10.8. The number of fused-ring (bicyclic) bond motifs is 1. The Kier molecular flexibility index (Phi) is 2.28. The van der Waals surface area contributed by atoms with E-state index in [1.807, 2.05) is 0 Å². The molecule has 1 aliphatic carbocycles. The third-order valence-corrected chi connectivity index (χ3v) is 3.30. The van der Waals surface area contributed by atoms with Gasteiger partial charge in [-0.05, 0) is 38.5 Å². The molecule has 0 aromatic carbocycles. The van der Waals surface area contributed by atoms with E-state index in [1.54, 1.807) is 0 Å². The Bertz CT molecular complexity index is 214. The quantitative estimate of drug-likeness (QED) is 0.674. The van der Waals surface area contributed by atoms with Crippen LogP contribution in [-0.4, -0.2) is 23.3 Å². The fourth-order valence-corrected chi connectivity index (χ4v) is 2.67. The molecule has 2 rings (SSSR count). The van der Waals surface area contributed by atoms with Crippen LogP contribution in [0.25, 0.3) is 0 Å². The third kappa shape index (κ3) is 1.70. The SMILES string of the molecule is C[C@H]1C[C@H]2CC(C(=O)O)CC[C@H]2O1. The maximum absolute atomic E-state index is 10.8. The summed E-state index contributed by atoms with van der Waals surface area (Å²) in [6.45, 7) is 2.08. The molecule has 2 fully saturated rings. The van der Waals surface area contributed by atoms with Crippen LogP contribution >= 0.6 is 0 Å². The Morgan fingerprint density at radius 3 is 2.85 bits per heavy atom. The van der Waals surface area contributed by atoms with Crippen LogP contribution in [0.1, 0.15) is 32.6 Å². The number of hydrogen-bond acceptors (Lipinski definition) is 2. The number of hydrogen-bond donors (Lipinski definition) is 1. The monoisotopic (exact) mass is 184 g/mol. The molecule has 2 aliphatic rings. The van der Waals surface area contributed by atoms with E-state index in [-0.39, 0.29) is 5.92 Å². The van der Waals surface area contributed by atoms with E-state index < -0.39 is 5.97 Å². The summed E-state index contributed by atoms with van der Waals surface area (Å²) in [5.41, 5.74) is 0. The first kappa shape index (κ1) is 9.00. The van der Waals surface area contributed by atoms with Gasteiger partial charge in [0.05, 0.1) is 18.1 Å². The van der Waals surface area contributed by atoms with Gasteiger partial charge in [-0.15, -0.1) is 0 Å². The van der Waals surface area contributed by atoms with Gasteiger partial charge in [-0.2, -0.15) is 0 Å². The minimum absolute atomic E-state index is 0.116. The van der Waals surface area contributed by atoms with Gasteiger partial charge in [-0.25, -0.2) is 0 Å². The molecule has 0 bridgehead atoms. The Labute approximate surface area is 78.1 Å². The molecule has 3 heteroatoms. The molecule has 0 aromatic rings. The van der Waals surface area contributed by atoms with Gasteiger partial charge < -0.3 is 9.84 Å². The lowest BCUT2D eigenvalue weighted by Gasteiger charge is -2.28. The van der Waals surface area contributed by atoms with Crippen molar-refractivity contribution in [2.75, 3.05) is 0 Å². The van der Waals surface area contributed by atoms with Gasteiger partial charge in [0.1, 0.15) is 0 Å². The summed E-state index contributed by atoms with van der Waals surface area (Å²) in [5, 5.41) is 8.88. The minimum atomic E-state index is -0.627. The largest absolute Gasteiger partial charge is 0.481 e. The first-order chi connectivity index (χ1) is 6.16. The van der Waals surface area contributed by atoms with Gasteiger partial charge in [0, 0.05) is 0 Å². The van der Waals surface area contributed by atoms with Crippen LogP contribution in [-0.2, 0) is 9.53 Å². The Morgan fingerprint density at radius 2 is 2.15 bits per heavy atom. The summed E-state index contributed by atoms with van der Waals surface area (Å²) in [7, 11) is 0. The van der Waals surface area contributed by atoms with E-state index in [9.17, 15) is 4.79 Å². The number of aliphatic carboxylic acids is 1. The molecule has 0 aromatic heterocycles. The predicted octanol–water partition coefficient (Wildman–Crippen LogP) is 1.66. The van der Waals surface area contributed by atoms with Crippen molar-refractivity contribution in [1.82, 2.24) is 0 Å². The van der Waals surface area contributed by atoms with Gasteiger partial charge in [-0.1, -0.05) is 0 Å². The lowest BCUT2D eigenvalue weighted by molar-refractivity contribution is -0.144. The normalized spacial score (nSPS) is 44.4. The molecule has 1 unspecified atom stereocenters. The minimum Gasteiger partial charge on any atom is -0.481 e. The molecule has 3 nitrogen and oxygen atoms in total. The zero-order valence-electron chi connectivity index (χ0n) is 7.90. The summed E-state index contributed by atoms with van der Waals surface area (Å²) >= 11 is 0. The van der Waals surface area contributed by atoms with E-state index in [0.717, 1.165) is 25.7 Å². The standard InChI is InChI=1S/C10H16O3/c1-6-4-8-5-7(10(11)12)2-3-9(8)13-6/h6-9H,2-5H2,1H3,(H,11,12)/t6-,7?,8-,9+/m0/s1. The zero-order valence-corrected chi connectivity index (χ0v) is 7.90. The maximum Gasteiger partial charge on any atom is 0.306 e. The summed E-state index contributed by atoms with van der Waals surface area (Å²) in [6, 6.07) is 0. The van der Waals surface area contributed by atoms with E-state index in [2.05, 4.69) is 6.92 Å². The highest BCUT2D eigenvalue weighted by atomic mass is 16.5. The molecule has 1 heterocycles. The van der Waals surface area contributed by atoms with Gasteiger partial charge in [0.2, 0.25) is 0 Å². The van der Waals surface area contributed by atoms with Crippen molar-refractivity contribution in [3.05, 3.63) is 0 Å². The number of carboxylic acid groups (broad SMARTS) is 1. The van der Waals surface area contributed by atoms with Crippen LogP contribution in [0.15, 0.2) is 0 Å². The van der Waals surface area contributed by atoms with Crippen molar-refractivity contribution in [3.63, 3.8) is 0 Å². The smallest absolute Gasteiger partial charge is 0.306 e. The van der Waals surface area contributed by atoms with Gasteiger partial charge in [0.15, 0.2) is 0 Å². The highest BCUT2D eigenvalue weighted by Crippen LogP contribution is 2.39. The van der Waals surface area contributed by atoms with Crippen LogP contribution in [0.4, 0.5) is 0 Å². The van der Waals surface area contributed by atoms with E-state index in [0.29, 0.717) is 18.1 Å². The summed E-state index contributed by atoms with van der Waals surface area (Å²) in [5.74, 6) is -0.238. The molecular weight excluding hydrogens is 168 g/mol. The van der Waals surface area contributed by atoms with Crippen molar-refractivity contribution in [2.45, 2.75) is 44.8 Å². The fraction of sp³-hybridized carbons (Fsp3) is 0.900. The van der Waals surface area contributed by atoms with Crippen molar-refractivity contribution in [2.24, 2.45) is 11.8 Å². The second-order valence-electron chi connectivity index (χ2n) is 4.33. The Balaban J connectivity index is 1.97. The number of carboxylic acids is 1. The number of carbonyl (C=O) groups is 1. The van der Waals surface area contributed by atoms with E-state index >= 15 is 0 Å².